The van der Waals surface area contributed by atoms with E-state index in [0.29, 0.717) is 24.8 Å². The van der Waals surface area contributed by atoms with E-state index in [2.05, 4.69) is 5.32 Å². The fourth-order valence-electron chi connectivity index (χ4n) is 2.60. The zero-order chi connectivity index (χ0) is 13.0. The van der Waals surface area contributed by atoms with E-state index in [1.54, 1.807) is 11.8 Å². The Bertz CT molecular complexity index is 318. The number of hydrogen-bond acceptors (Lipinski definition) is 3. The number of carbonyl (C=O) groups excluding carboxylic acids is 1. The summed E-state index contributed by atoms with van der Waals surface area (Å²) in [6.07, 6.45) is 4.86. The highest BCUT2D eigenvalue weighted by Crippen LogP contribution is 2.24. The van der Waals surface area contributed by atoms with Crippen molar-refractivity contribution in [1.29, 1.82) is 0 Å². The van der Waals surface area contributed by atoms with Crippen LogP contribution in [0.2, 0.25) is 0 Å². The molecule has 5 nitrogen and oxygen atoms in total. The second kappa shape index (κ2) is 6.31. The molecule has 2 amide bonds. The molecule has 102 valence electrons. The Hall–Kier alpha value is -0.910. The van der Waals surface area contributed by atoms with Crippen LogP contribution < -0.4 is 5.32 Å². The van der Waals surface area contributed by atoms with E-state index in [4.69, 9.17) is 5.11 Å². The number of amides is 2. The van der Waals surface area contributed by atoms with Crippen molar-refractivity contribution in [3.05, 3.63) is 0 Å². The number of aliphatic carboxylic acids is 1. The van der Waals surface area contributed by atoms with Crippen LogP contribution in [0.1, 0.15) is 25.7 Å². The van der Waals surface area contributed by atoms with Gasteiger partial charge in [0.1, 0.15) is 6.04 Å². The Kier molecular flexibility index (Phi) is 4.74. The summed E-state index contributed by atoms with van der Waals surface area (Å²) < 4.78 is 0. The molecular weight excluding hydrogens is 252 g/mol. The number of nitrogens with one attached hydrogen (secondary N) is 1. The fourth-order valence-corrected chi connectivity index (χ4v) is 3.64. The highest BCUT2D eigenvalue weighted by atomic mass is 32.2. The van der Waals surface area contributed by atoms with Gasteiger partial charge in [0, 0.05) is 24.6 Å². The summed E-state index contributed by atoms with van der Waals surface area (Å²) in [6.45, 7) is 1.22. The van der Waals surface area contributed by atoms with Crippen molar-refractivity contribution >= 4 is 23.8 Å². The zero-order valence-corrected chi connectivity index (χ0v) is 11.2. The summed E-state index contributed by atoms with van der Waals surface area (Å²) >= 11 is 1.59. The molecule has 1 aliphatic heterocycles. The van der Waals surface area contributed by atoms with Crippen molar-refractivity contribution in [2.24, 2.45) is 5.92 Å². The third-order valence-electron chi connectivity index (χ3n) is 3.69. The zero-order valence-electron chi connectivity index (χ0n) is 10.4. The largest absolute Gasteiger partial charge is 0.480 e. The molecule has 18 heavy (non-hydrogen) atoms. The smallest absolute Gasteiger partial charge is 0.327 e. The topological polar surface area (TPSA) is 69.6 Å². The van der Waals surface area contributed by atoms with E-state index in [1.165, 1.54) is 30.6 Å². The normalized spacial score (nSPS) is 25.1. The maximum atomic E-state index is 12.0. The summed E-state index contributed by atoms with van der Waals surface area (Å²) in [5, 5.41) is 12.0. The SMILES string of the molecule is O=C(O)C1CSCCN1C(=O)NCC1CCCC1. The average molecular weight is 272 g/mol. The maximum Gasteiger partial charge on any atom is 0.327 e. The van der Waals surface area contributed by atoms with E-state index in [1.807, 2.05) is 0 Å². The average Bonchev–Trinajstić information content (AvgIpc) is 2.89. The molecule has 2 N–H and O–H groups in total. The minimum absolute atomic E-state index is 0.213. The second-order valence-corrected chi connectivity index (χ2v) is 6.11. The highest BCUT2D eigenvalue weighted by Gasteiger charge is 2.32. The lowest BCUT2D eigenvalue weighted by atomic mass is 10.1. The monoisotopic (exact) mass is 272 g/mol. The minimum Gasteiger partial charge on any atom is -0.480 e. The van der Waals surface area contributed by atoms with Crippen molar-refractivity contribution in [3.8, 4) is 0 Å². The van der Waals surface area contributed by atoms with Gasteiger partial charge in [0.25, 0.3) is 0 Å². The third-order valence-corrected chi connectivity index (χ3v) is 4.71. The number of carbonyl (C=O) groups is 2. The van der Waals surface area contributed by atoms with Crippen LogP contribution in [0.15, 0.2) is 0 Å². The Morgan fingerprint density at radius 2 is 2.06 bits per heavy atom. The fraction of sp³-hybridized carbons (Fsp3) is 0.833. The standard InChI is InChI=1S/C12H20N2O3S/c15-11(16)10-8-18-6-5-14(10)12(17)13-7-9-3-1-2-4-9/h9-10H,1-8H2,(H,13,17)(H,15,16). The maximum absolute atomic E-state index is 12.0. The van der Waals surface area contributed by atoms with Gasteiger partial charge in [0.2, 0.25) is 0 Å². The molecule has 0 radical (unpaired) electrons. The molecule has 1 aliphatic carbocycles. The molecule has 0 aromatic carbocycles. The molecule has 2 aliphatic rings. The van der Waals surface area contributed by atoms with Gasteiger partial charge in [0.05, 0.1) is 0 Å². The summed E-state index contributed by atoms with van der Waals surface area (Å²) in [6, 6.07) is -0.887. The van der Waals surface area contributed by atoms with Crippen LogP contribution >= 0.6 is 11.8 Å². The number of carboxylic acid groups (broad SMARTS) is 1. The molecule has 1 saturated heterocycles. The van der Waals surface area contributed by atoms with Crippen LogP contribution in [-0.4, -0.2) is 52.6 Å². The number of rotatable bonds is 3. The van der Waals surface area contributed by atoms with E-state index in [9.17, 15) is 9.59 Å². The Morgan fingerprint density at radius 1 is 1.33 bits per heavy atom. The van der Waals surface area contributed by atoms with Gasteiger partial charge in [-0.1, -0.05) is 12.8 Å². The summed E-state index contributed by atoms with van der Waals surface area (Å²) in [5.74, 6) is 0.988. The van der Waals surface area contributed by atoms with Crippen LogP contribution in [0.5, 0.6) is 0 Å². The van der Waals surface area contributed by atoms with Crippen LogP contribution in [0.25, 0.3) is 0 Å². The van der Waals surface area contributed by atoms with E-state index < -0.39 is 12.0 Å². The van der Waals surface area contributed by atoms with Gasteiger partial charge in [-0.05, 0) is 18.8 Å². The first-order valence-electron chi connectivity index (χ1n) is 6.53. The molecule has 1 heterocycles. The molecule has 2 fully saturated rings. The van der Waals surface area contributed by atoms with E-state index >= 15 is 0 Å². The molecular formula is C12H20N2O3S. The summed E-state index contributed by atoms with van der Waals surface area (Å²) in [4.78, 5) is 24.6. The first-order chi connectivity index (χ1) is 8.68. The van der Waals surface area contributed by atoms with Crippen LogP contribution in [0.4, 0.5) is 4.79 Å². The van der Waals surface area contributed by atoms with Crippen molar-refractivity contribution in [3.63, 3.8) is 0 Å². The van der Waals surface area contributed by atoms with Gasteiger partial charge in [0.15, 0.2) is 0 Å². The number of hydrogen-bond donors (Lipinski definition) is 2. The Balaban J connectivity index is 1.83. The second-order valence-electron chi connectivity index (χ2n) is 4.96. The van der Waals surface area contributed by atoms with Gasteiger partial charge in [-0.2, -0.15) is 11.8 Å². The van der Waals surface area contributed by atoms with Crippen LogP contribution in [0.3, 0.4) is 0 Å². The van der Waals surface area contributed by atoms with E-state index in [-0.39, 0.29) is 6.03 Å². The quantitative estimate of drug-likeness (QED) is 0.814. The van der Waals surface area contributed by atoms with Crippen LogP contribution in [-0.2, 0) is 4.79 Å². The van der Waals surface area contributed by atoms with Crippen molar-refractivity contribution < 1.29 is 14.7 Å². The molecule has 0 aromatic heterocycles. The lowest BCUT2D eigenvalue weighted by Crippen LogP contribution is -2.54. The van der Waals surface area contributed by atoms with Gasteiger partial charge in [-0.25, -0.2) is 9.59 Å². The molecule has 0 bridgehead atoms. The van der Waals surface area contributed by atoms with Crippen molar-refractivity contribution in [1.82, 2.24) is 10.2 Å². The van der Waals surface area contributed by atoms with Gasteiger partial charge in [-0.3, -0.25) is 0 Å². The molecule has 0 aromatic rings. The summed E-state index contributed by atoms with van der Waals surface area (Å²) in [5.41, 5.74) is 0. The first-order valence-corrected chi connectivity index (χ1v) is 7.69. The Morgan fingerprint density at radius 3 is 2.72 bits per heavy atom. The number of urea groups is 1. The third kappa shape index (κ3) is 3.31. The van der Waals surface area contributed by atoms with Gasteiger partial charge in [-0.15, -0.1) is 0 Å². The molecule has 1 unspecified atom stereocenters. The molecule has 0 spiro atoms. The predicted octanol–water partition coefficient (Wildman–Crippen LogP) is 1.39. The van der Waals surface area contributed by atoms with E-state index in [0.717, 1.165) is 5.75 Å². The number of carboxylic acids is 1. The minimum atomic E-state index is -0.904. The highest BCUT2D eigenvalue weighted by molar-refractivity contribution is 7.99. The number of nitrogens with zero attached hydrogens (tertiary/aromatic N) is 1. The molecule has 6 heteroatoms. The molecule has 1 atom stereocenters. The van der Waals surface area contributed by atoms with Gasteiger partial charge >= 0.3 is 12.0 Å². The number of thioether (sulfide) groups is 1. The molecule has 1 saturated carbocycles. The molecule has 2 rings (SSSR count). The Labute approximate surface area is 111 Å². The predicted molar refractivity (Wildman–Crippen MR) is 70.8 cm³/mol. The van der Waals surface area contributed by atoms with Crippen molar-refractivity contribution in [2.45, 2.75) is 31.7 Å². The van der Waals surface area contributed by atoms with Crippen molar-refractivity contribution in [2.75, 3.05) is 24.6 Å². The van der Waals surface area contributed by atoms with Crippen LogP contribution in [0, 0.1) is 5.92 Å². The lowest BCUT2D eigenvalue weighted by molar-refractivity contribution is -0.141. The first kappa shape index (κ1) is 13.5. The lowest BCUT2D eigenvalue weighted by Gasteiger charge is -2.32. The van der Waals surface area contributed by atoms with Gasteiger partial charge < -0.3 is 15.3 Å². The summed E-state index contributed by atoms with van der Waals surface area (Å²) in [7, 11) is 0.